The van der Waals surface area contributed by atoms with Crippen LogP contribution in [0.4, 0.5) is 0 Å². The van der Waals surface area contributed by atoms with Gasteiger partial charge in [-0.25, -0.2) is 0 Å². The van der Waals surface area contributed by atoms with Crippen LogP contribution in [-0.4, -0.2) is 11.7 Å². The molecule has 2 N–H and O–H groups in total. The third-order valence-electron chi connectivity index (χ3n) is 3.90. The Hall–Kier alpha value is -0.910. The summed E-state index contributed by atoms with van der Waals surface area (Å²) in [6.45, 7) is 2.41. The minimum atomic E-state index is 0. The second-order valence-electron chi connectivity index (χ2n) is 5.71. The number of rotatable bonds is 6. The van der Waals surface area contributed by atoms with E-state index in [2.05, 4.69) is 28.8 Å². The van der Waals surface area contributed by atoms with Crippen LogP contribution in [0.25, 0.3) is 0 Å². The van der Waals surface area contributed by atoms with E-state index in [0.29, 0.717) is 28.1 Å². The molecule has 0 bridgehead atoms. The molecule has 0 spiro atoms. The van der Waals surface area contributed by atoms with E-state index in [1.165, 1.54) is 11.1 Å². The molecule has 0 unspecified atom stereocenters. The Morgan fingerprint density at radius 1 is 1.12 bits per heavy atom. The summed E-state index contributed by atoms with van der Waals surface area (Å²) in [7, 11) is 0. The van der Waals surface area contributed by atoms with Gasteiger partial charge in [0.05, 0.1) is 5.75 Å². The summed E-state index contributed by atoms with van der Waals surface area (Å²) in [6.07, 6.45) is 0. The summed E-state index contributed by atoms with van der Waals surface area (Å²) in [5.41, 5.74) is 4.80. The highest BCUT2D eigenvalue weighted by atomic mass is 35.5. The number of halogens is 3. The molecular formula is C18H19Cl3N2OS. The van der Waals surface area contributed by atoms with Crippen molar-refractivity contribution in [2.45, 2.75) is 25.4 Å². The third kappa shape index (κ3) is 5.80. The quantitative estimate of drug-likeness (QED) is 0.723. The van der Waals surface area contributed by atoms with Gasteiger partial charge < -0.3 is 10.6 Å². The molecule has 0 fully saturated rings. The van der Waals surface area contributed by atoms with Gasteiger partial charge in [0.25, 0.3) is 0 Å². The fraction of sp³-hybridized carbons (Fsp3) is 0.278. The molecule has 1 aliphatic heterocycles. The van der Waals surface area contributed by atoms with Crippen LogP contribution in [0.3, 0.4) is 0 Å². The van der Waals surface area contributed by atoms with E-state index in [0.717, 1.165) is 24.2 Å². The molecule has 0 atom stereocenters. The Kier molecular flexibility index (Phi) is 7.91. The highest BCUT2D eigenvalue weighted by Gasteiger charge is 2.10. The van der Waals surface area contributed by atoms with Gasteiger partial charge in [-0.15, -0.1) is 24.2 Å². The van der Waals surface area contributed by atoms with E-state index in [4.69, 9.17) is 23.2 Å². The molecule has 0 saturated heterocycles. The Balaban J connectivity index is 0.00000225. The first kappa shape index (κ1) is 20.4. The van der Waals surface area contributed by atoms with Crippen molar-refractivity contribution in [3.63, 3.8) is 0 Å². The molecule has 0 saturated carbocycles. The molecule has 2 aromatic carbocycles. The van der Waals surface area contributed by atoms with Crippen LogP contribution in [0, 0.1) is 0 Å². The first-order valence-electron chi connectivity index (χ1n) is 7.71. The van der Waals surface area contributed by atoms with Crippen LogP contribution in [-0.2, 0) is 30.2 Å². The molecule has 3 rings (SSSR count). The van der Waals surface area contributed by atoms with Gasteiger partial charge in [-0.05, 0) is 34.4 Å². The third-order valence-corrected chi connectivity index (χ3v) is 5.47. The van der Waals surface area contributed by atoms with Gasteiger partial charge >= 0.3 is 0 Å². The largest absolute Gasteiger partial charge is 0.351 e. The van der Waals surface area contributed by atoms with Crippen molar-refractivity contribution < 1.29 is 4.79 Å². The molecule has 7 heteroatoms. The minimum absolute atomic E-state index is 0. The molecule has 1 heterocycles. The molecule has 0 aliphatic carbocycles. The number of carbonyl (C=O) groups is 1. The second kappa shape index (κ2) is 9.70. The summed E-state index contributed by atoms with van der Waals surface area (Å²) in [5.74, 6) is 1.13. The average molecular weight is 418 g/mol. The first-order chi connectivity index (χ1) is 11.6. The fourth-order valence-corrected chi connectivity index (χ4v) is 4.02. The van der Waals surface area contributed by atoms with Gasteiger partial charge in [0.15, 0.2) is 0 Å². The van der Waals surface area contributed by atoms with E-state index in [1.807, 2.05) is 12.1 Å². The lowest BCUT2D eigenvalue weighted by atomic mass is 10.1. The number of hydrogen-bond acceptors (Lipinski definition) is 3. The van der Waals surface area contributed by atoms with Crippen LogP contribution in [0.5, 0.6) is 0 Å². The normalized spacial score (nSPS) is 12.4. The van der Waals surface area contributed by atoms with E-state index >= 15 is 0 Å². The first-order valence-corrected chi connectivity index (χ1v) is 9.62. The summed E-state index contributed by atoms with van der Waals surface area (Å²) in [5, 5.41) is 7.55. The number of benzene rings is 2. The maximum Gasteiger partial charge on any atom is 0.230 e. The van der Waals surface area contributed by atoms with Gasteiger partial charge in [0, 0.05) is 35.4 Å². The van der Waals surface area contributed by atoms with E-state index < -0.39 is 0 Å². The SMILES string of the molecule is Cl.O=C(CSCc1ccc(Cl)cc1Cl)NCc1ccc2c(c1)CNC2. The number of amides is 1. The molecule has 0 radical (unpaired) electrons. The van der Waals surface area contributed by atoms with E-state index in [9.17, 15) is 4.79 Å². The number of carbonyl (C=O) groups excluding carboxylic acids is 1. The lowest BCUT2D eigenvalue weighted by Crippen LogP contribution is -2.24. The second-order valence-corrected chi connectivity index (χ2v) is 7.54. The van der Waals surface area contributed by atoms with Crippen LogP contribution < -0.4 is 10.6 Å². The molecule has 1 amide bonds. The zero-order valence-corrected chi connectivity index (χ0v) is 16.6. The van der Waals surface area contributed by atoms with Crippen LogP contribution in [0.1, 0.15) is 22.3 Å². The van der Waals surface area contributed by atoms with Crippen molar-refractivity contribution in [1.82, 2.24) is 10.6 Å². The molecule has 3 nitrogen and oxygen atoms in total. The maximum atomic E-state index is 12.0. The van der Waals surface area contributed by atoms with Crippen molar-refractivity contribution in [2.75, 3.05) is 5.75 Å². The van der Waals surface area contributed by atoms with Gasteiger partial charge in [-0.1, -0.05) is 47.5 Å². The van der Waals surface area contributed by atoms with Crippen LogP contribution >= 0.6 is 47.4 Å². The summed E-state index contributed by atoms with van der Waals surface area (Å²) >= 11 is 13.5. The van der Waals surface area contributed by atoms with Crippen molar-refractivity contribution in [2.24, 2.45) is 0 Å². The highest BCUT2D eigenvalue weighted by molar-refractivity contribution is 7.99. The Morgan fingerprint density at radius 2 is 1.92 bits per heavy atom. The number of fused-ring (bicyclic) bond motifs is 1. The van der Waals surface area contributed by atoms with Crippen molar-refractivity contribution in [1.29, 1.82) is 0 Å². The topological polar surface area (TPSA) is 41.1 Å². The zero-order valence-electron chi connectivity index (χ0n) is 13.5. The summed E-state index contributed by atoms with van der Waals surface area (Å²) in [4.78, 5) is 12.0. The maximum absolute atomic E-state index is 12.0. The molecular weight excluding hydrogens is 399 g/mol. The molecule has 0 aromatic heterocycles. The molecule has 1 aliphatic rings. The number of thioether (sulfide) groups is 1. The highest BCUT2D eigenvalue weighted by Crippen LogP contribution is 2.24. The van der Waals surface area contributed by atoms with Crippen molar-refractivity contribution >= 4 is 53.3 Å². The Bertz CT molecular complexity index is 755. The van der Waals surface area contributed by atoms with E-state index in [-0.39, 0.29) is 18.3 Å². The average Bonchev–Trinajstić information content (AvgIpc) is 3.02. The molecule has 134 valence electrons. The summed E-state index contributed by atoms with van der Waals surface area (Å²) in [6, 6.07) is 11.8. The van der Waals surface area contributed by atoms with Gasteiger partial charge in [0.1, 0.15) is 0 Å². The summed E-state index contributed by atoms with van der Waals surface area (Å²) < 4.78 is 0. The number of hydrogen-bond donors (Lipinski definition) is 2. The molecule has 2 aromatic rings. The fourth-order valence-electron chi connectivity index (χ4n) is 2.60. The molecule has 25 heavy (non-hydrogen) atoms. The predicted octanol–water partition coefficient (Wildman–Crippen LogP) is 4.57. The standard InChI is InChI=1S/C18H18Cl2N2OS.ClH/c19-16-4-3-14(17(20)6-16)10-24-11-18(23)22-7-12-1-2-13-8-21-9-15(13)5-12;/h1-6,21H,7-11H2,(H,22,23);1H. The lowest BCUT2D eigenvalue weighted by Gasteiger charge is -2.08. The smallest absolute Gasteiger partial charge is 0.230 e. The number of nitrogens with one attached hydrogen (secondary N) is 2. The monoisotopic (exact) mass is 416 g/mol. The van der Waals surface area contributed by atoms with Crippen LogP contribution in [0.2, 0.25) is 10.0 Å². The predicted molar refractivity (Wildman–Crippen MR) is 109 cm³/mol. The zero-order chi connectivity index (χ0) is 16.9. The van der Waals surface area contributed by atoms with E-state index in [1.54, 1.807) is 17.8 Å². The lowest BCUT2D eigenvalue weighted by molar-refractivity contribution is -0.118. The van der Waals surface area contributed by atoms with Gasteiger partial charge in [-0.2, -0.15) is 0 Å². The van der Waals surface area contributed by atoms with Gasteiger partial charge in [-0.3, -0.25) is 4.79 Å². The van der Waals surface area contributed by atoms with Crippen LogP contribution in [0.15, 0.2) is 36.4 Å². The van der Waals surface area contributed by atoms with Crippen molar-refractivity contribution in [3.05, 3.63) is 68.7 Å². The minimum Gasteiger partial charge on any atom is -0.351 e. The Morgan fingerprint density at radius 3 is 2.72 bits per heavy atom. The Labute approximate surface area is 168 Å². The van der Waals surface area contributed by atoms with Gasteiger partial charge in [0.2, 0.25) is 5.91 Å². The van der Waals surface area contributed by atoms with Crippen molar-refractivity contribution in [3.8, 4) is 0 Å².